The predicted molar refractivity (Wildman–Crippen MR) is 57.6 cm³/mol. The molecular formula is C11H19F3N2O. The molecule has 0 spiro atoms. The van der Waals surface area contributed by atoms with Crippen molar-refractivity contribution in [2.75, 3.05) is 26.2 Å². The van der Waals surface area contributed by atoms with Gasteiger partial charge >= 0.3 is 6.18 Å². The Balaban J connectivity index is 1.72. The minimum absolute atomic E-state index is 0.207. The van der Waals surface area contributed by atoms with Gasteiger partial charge < -0.3 is 15.3 Å². The normalized spacial score (nSPS) is 33.2. The van der Waals surface area contributed by atoms with Gasteiger partial charge in [0.2, 0.25) is 0 Å². The van der Waals surface area contributed by atoms with E-state index >= 15 is 0 Å². The van der Waals surface area contributed by atoms with Crippen molar-refractivity contribution in [1.29, 1.82) is 0 Å². The highest BCUT2D eigenvalue weighted by Crippen LogP contribution is 2.34. The van der Waals surface area contributed by atoms with Crippen molar-refractivity contribution < 1.29 is 18.3 Å². The minimum atomic E-state index is -4.03. The molecular weight excluding hydrogens is 233 g/mol. The van der Waals surface area contributed by atoms with E-state index in [4.69, 9.17) is 0 Å². The van der Waals surface area contributed by atoms with Gasteiger partial charge in [0.1, 0.15) is 0 Å². The van der Waals surface area contributed by atoms with Crippen LogP contribution in [-0.4, -0.2) is 54.5 Å². The Hall–Kier alpha value is -0.330. The quantitative estimate of drug-likeness (QED) is 0.769. The lowest BCUT2D eigenvalue weighted by molar-refractivity contribution is -0.185. The third kappa shape index (κ3) is 3.56. The average molecular weight is 252 g/mol. The summed E-state index contributed by atoms with van der Waals surface area (Å²) in [5.74, 6) is -1.12. The number of nitrogens with zero attached hydrogens (tertiary/aromatic N) is 1. The van der Waals surface area contributed by atoms with E-state index in [1.165, 1.54) is 0 Å². The second kappa shape index (κ2) is 5.12. The Morgan fingerprint density at radius 1 is 1.24 bits per heavy atom. The van der Waals surface area contributed by atoms with E-state index < -0.39 is 12.1 Å². The molecule has 2 heterocycles. The van der Waals surface area contributed by atoms with Crippen LogP contribution in [0.5, 0.6) is 0 Å². The van der Waals surface area contributed by atoms with Crippen molar-refractivity contribution in [2.45, 2.75) is 37.6 Å². The van der Waals surface area contributed by atoms with E-state index in [1.54, 1.807) is 0 Å². The van der Waals surface area contributed by atoms with Gasteiger partial charge in [-0.2, -0.15) is 13.2 Å². The molecule has 2 aliphatic heterocycles. The van der Waals surface area contributed by atoms with Gasteiger partial charge in [-0.3, -0.25) is 0 Å². The van der Waals surface area contributed by atoms with Crippen LogP contribution in [-0.2, 0) is 0 Å². The monoisotopic (exact) mass is 252 g/mol. The molecule has 2 unspecified atom stereocenters. The van der Waals surface area contributed by atoms with Gasteiger partial charge in [0.15, 0.2) is 0 Å². The van der Waals surface area contributed by atoms with Gasteiger partial charge in [0.25, 0.3) is 0 Å². The van der Waals surface area contributed by atoms with Crippen LogP contribution in [0.3, 0.4) is 0 Å². The Bertz CT molecular complexity index is 252. The average Bonchev–Trinajstić information content (AvgIpc) is 2.63. The second-order valence-corrected chi connectivity index (χ2v) is 5.11. The van der Waals surface area contributed by atoms with Crippen molar-refractivity contribution in [3.8, 4) is 0 Å². The lowest BCUT2D eigenvalue weighted by atomic mass is 9.96. The third-order valence-electron chi connectivity index (χ3n) is 3.73. The van der Waals surface area contributed by atoms with Crippen LogP contribution < -0.4 is 5.32 Å². The molecule has 17 heavy (non-hydrogen) atoms. The fourth-order valence-corrected chi connectivity index (χ4v) is 2.69. The number of aliphatic hydroxyl groups excluding tert-OH is 1. The highest BCUT2D eigenvalue weighted by Gasteiger charge is 2.41. The van der Waals surface area contributed by atoms with E-state index in [0.717, 1.165) is 6.54 Å². The van der Waals surface area contributed by atoms with E-state index in [1.807, 2.05) is 0 Å². The van der Waals surface area contributed by atoms with Crippen LogP contribution in [0.1, 0.15) is 19.3 Å². The van der Waals surface area contributed by atoms with Crippen molar-refractivity contribution in [1.82, 2.24) is 10.2 Å². The number of aliphatic hydroxyl groups is 1. The van der Waals surface area contributed by atoms with Crippen LogP contribution in [0.2, 0.25) is 0 Å². The van der Waals surface area contributed by atoms with Gasteiger partial charge in [-0.1, -0.05) is 0 Å². The molecule has 2 aliphatic rings. The van der Waals surface area contributed by atoms with E-state index in [2.05, 4.69) is 10.2 Å². The maximum Gasteiger partial charge on any atom is 0.391 e. The molecule has 0 bridgehead atoms. The molecule has 0 radical (unpaired) electrons. The van der Waals surface area contributed by atoms with E-state index in [-0.39, 0.29) is 25.0 Å². The second-order valence-electron chi connectivity index (χ2n) is 5.11. The predicted octanol–water partition coefficient (Wildman–Crippen LogP) is 0.983. The molecule has 0 aromatic carbocycles. The molecule has 0 aromatic heterocycles. The maximum atomic E-state index is 12.5. The van der Waals surface area contributed by atoms with Crippen molar-refractivity contribution in [3.05, 3.63) is 0 Å². The highest BCUT2D eigenvalue weighted by molar-refractivity contribution is 4.85. The molecule has 0 amide bonds. The first kappa shape index (κ1) is 13.1. The van der Waals surface area contributed by atoms with Crippen LogP contribution in [0, 0.1) is 5.92 Å². The number of halogens is 3. The first-order valence-corrected chi connectivity index (χ1v) is 6.15. The SMILES string of the molecule is OC1CNC(CN2CCC(C(F)(F)F)CC2)C1. The zero-order chi connectivity index (χ0) is 12.5. The van der Waals surface area contributed by atoms with Crippen LogP contribution in [0.15, 0.2) is 0 Å². The number of likely N-dealkylation sites (tertiary alicyclic amines) is 1. The topological polar surface area (TPSA) is 35.5 Å². The van der Waals surface area contributed by atoms with Gasteiger partial charge in [-0.05, 0) is 32.4 Å². The smallest absolute Gasteiger partial charge is 0.391 e. The zero-order valence-electron chi connectivity index (χ0n) is 9.71. The number of hydrogen-bond donors (Lipinski definition) is 2. The summed E-state index contributed by atoms with van der Waals surface area (Å²) in [6.45, 7) is 2.38. The molecule has 0 saturated carbocycles. The molecule has 2 fully saturated rings. The number of piperidine rings is 1. The Morgan fingerprint density at radius 3 is 2.35 bits per heavy atom. The van der Waals surface area contributed by atoms with Crippen molar-refractivity contribution >= 4 is 0 Å². The first-order valence-electron chi connectivity index (χ1n) is 6.15. The summed E-state index contributed by atoms with van der Waals surface area (Å²) in [6, 6.07) is 0.229. The molecule has 0 aromatic rings. The van der Waals surface area contributed by atoms with Crippen molar-refractivity contribution in [2.24, 2.45) is 5.92 Å². The maximum absolute atomic E-state index is 12.5. The summed E-state index contributed by atoms with van der Waals surface area (Å²) in [7, 11) is 0. The van der Waals surface area contributed by atoms with Gasteiger partial charge in [0, 0.05) is 19.1 Å². The Labute approximate surface area is 99.0 Å². The van der Waals surface area contributed by atoms with Gasteiger partial charge in [-0.25, -0.2) is 0 Å². The van der Waals surface area contributed by atoms with Gasteiger partial charge in [0.05, 0.1) is 12.0 Å². The fraction of sp³-hybridized carbons (Fsp3) is 1.00. The summed E-state index contributed by atoms with van der Waals surface area (Å²) in [6.07, 6.45) is -3.21. The zero-order valence-corrected chi connectivity index (χ0v) is 9.71. The van der Waals surface area contributed by atoms with Crippen LogP contribution >= 0.6 is 0 Å². The summed E-state index contributed by atoms with van der Waals surface area (Å²) >= 11 is 0. The lowest BCUT2D eigenvalue weighted by Gasteiger charge is -2.34. The molecule has 3 nitrogen and oxygen atoms in total. The minimum Gasteiger partial charge on any atom is -0.392 e. The standard InChI is InChI=1S/C11H19F3N2O/c12-11(13,14)8-1-3-16(4-2-8)7-9-5-10(17)6-15-9/h8-10,15,17H,1-7H2. The summed E-state index contributed by atoms with van der Waals surface area (Å²) in [4.78, 5) is 2.07. The molecule has 100 valence electrons. The van der Waals surface area contributed by atoms with Gasteiger partial charge in [-0.15, -0.1) is 0 Å². The number of rotatable bonds is 2. The summed E-state index contributed by atoms with van der Waals surface area (Å²) in [5.41, 5.74) is 0. The Morgan fingerprint density at radius 2 is 1.88 bits per heavy atom. The molecule has 2 N–H and O–H groups in total. The molecule has 2 atom stereocenters. The number of hydrogen-bond acceptors (Lipinski definition) is 3. The number of nitrogens with one attached hydrogen (secondary N) is 1. The fourth-order valence-electron chi connectivity index (χ4n) is 2.69. The Kier molecular flexibility index (Phi) is 3.95. The molecule has 2 saturated heterocycles. The van der Waals surface area contributed by atoms with E-state index in [9.17, 15) is 18.3 Å². The first-order chi connectivity index (χ1) is 7.95. The number of β-amino-alcohol motifs (C(OH)–C–C–N with tert-alkyl or cyclic N) is 1. The molecule has 2 rings (SSSR count). The lowest BCUT2D eigenvalue weighted by Crippen LogP contribution is -2.44. The summed E-state index contributed by atoms with van der Waals surface area (Å²) < 4.78 is 37.4. The largest absolute Gasteiger partial charge is 0.392 e. The van der Waals surface area contributed by atoms with Crippen LogP contribution in [0.25, 0.3) is 0 Å². The molecule has 6 heteroatoms. The van der Waals surface area contributed by atoms with Crippen LogP contribution in [0.4, 0.5) is 13.2 Å². The van der Waals surface area contributed by atoms with Crippen molar-refractivity contribution in [3.63, 3.8) is 0 Å². The summed E-state index contributed by atoms with van der Waals surface area (Å²) in [5, 5.41) is 12.5. The highest BCUT2D eigenvalue weighted by atomic mass is 19.4. The third-order valence-corrected chi connectivity index (χ3v) is 3.73. The molecule has 0 aliphatic carbocycles. The van der Waals surface area contributed by atoms with E-state index in [0.29, 0.717) is 26.1 Å². The number of alkyl halides is 3.